The van der Waals surface area contributed by atoms with E-state index in [4.69, 9.17) is 21.1 Å². The van der Waals surface area contributed by atoms with Crippen molar-refractivity contribution in [2.24, 2.45) is 39.4 Å². The second-order valence-corrected chi connectivity index (χ2v) is 18.6. The van der Waals surface area contributed by atoms with E-state index in [-0.39, 0.29) is 36.7 Å². The first kappa shape index (κ1) is 41.4. The monoisotopic (exact) mass is 793 g/mol. The summed E-state index contributed by atoms with van der Waals surface area (Å²) in [5.74, 6) is -4.38. The standard InChI is InChI=1S/C42H52ClN3O10/c1-23(47)56-37(2,3)17-16-31(49)42(9,54)34-28(48)19-39(6)30-15-14-26-27(41(30,8)32(50)20-40(34,39)7)18-29(35(52)38(26,4)5)55-33(51)21-46-36(53)45(22-44-46)25-12-10-24(43)11-13-25/h10-14,16-17,22,27-30,34,48,54H,15,18-21H2,1-9H3/b17-16+/t27-,28-,29+,30+,34+,39+,40-,41+,42+/m1/s1. The molecular formula is C42H52ClN3O10. The molecule has 2 N–H and O–H groups in total. The Morgan fingerprint density at radius 2 is 1.68 bits per heavy atom. The minimum Gasteiger partial charge on any atom is -0.456 e. The van der Waals surface area contributed by atoms with E-state index in [9.17, 15) is 39.0 Å². The van der Waals surface area contributed by atoms with Crippen molar-refractivity contribution >= 4 is 40.9 Å². The number of aliphatic hydroxyl groups excluding tert-OH is 1. The first-order valence-corrected chi connectivity index (χ1v) is 19.4. The molecule has 13 nitrogen and oxygen atoms in total. The molecule has 1 aromatic carbocycles. The molecule has 56 heavy (non-hydrogen) atoms. The lowest BCUT2D eigenvalue weighted by Gasteiger charge is -2.64. The molecule has 14 heteroatoms. The molecule has 1 aromatic heterocycles. The molecule has 0 bridgehead atoms. The Morgan fingerprint density at radius 1 is 1.04 bits per heavy atom. The summed E-state index contributed by atoms with van der Waals surface area (Å²) in [4.78, 5) is 80.7. The van der Waals surface area contributed by atoms with Gasteiger partial charge in [0.2, 0.25) is 0 Å². The lowest BCUT2D eigenvalue weighted by atomic mass is 9.38. The largest absolute Gasteiger partial charge is 0.456 e. The minimum absolute atomic E-state index is 0.0462. The van der Waals surface area contributed by atoms with Crippen LogP contribution in [0.5, 0.6) is 0 Å². The molecule has 0 radical (unpaired) electrons. The quantitative estimate of drug-likeness (QED) is 0.203. The summed E-state index contributed by atoms with van der Waals surface area (Å²) in [6, 6.07) is 6.52. The van der Waals surface area contributed by atoms with Gasteiger partial charge < -0.3 is 19.7 Å². The molecule has 0 unspecified atom stereocenters. The van der Waals surface area contributed by atoms with E-state index >= 15 is 0 Å². The van der Waals surface area contributed by atoms with E-state index in [0.717, 1.165) is 10.3 Å². The third-order valence-corrected chi connectivity index (χ3v) is 14.2. The highest BCUT2D eigenvalue weighted by atomic mass is 35.5. The summed E-state index contributed by atoms with van der Waals surface area (Å²) in [7, 11) is 0. The highest BCUT2D eigenvalue weighted by Gasteiger charge is 2.74. The molecule has 4 aliphatic rings. The minimum atomic E-state index is -2.08. The Bertz CT molecular complexity index is 2110. The van der Waals surface area contributed by atoms with Crippen LogP contribution in [-0.2, 0) is 40.0 Å². The summed E-state index contributed by atoms with van der Waals surface area (Å²) in [5.41, 5.74) is -6.41. The number of fused-ring (bicyclic) bond motifs is 5. The average molecular weight is 794 g/mol. The smallest absolute Gasteiger partial charge is 0.350 e. The van der Waals surface area contributed by atoms with Crippen molar-refractivity contribution in [1.29, 1.82) is 0 Å². The zero-order valence-corrected chi connectivity index (χ0v) is 34.2. The fraction of sp³-hybridized carbons (Fsp3) is 0.595. The third-order valence-electron chi connectivity index (χ3n) is 13.9. The van der Waals surface area contributed by atoms with Gasteiger partial charge in [0, 0.05) is 35.1 Å². The fourth-order valence-corrected chi connectivity index (χ4v) is 11.1. The fourth-order valence-electron chi connectivity index (χ4n) is 11.0. The molecule has 3 fully saturated rings. The number of benzene rings is 1. The summed E-state index contributed by atoms with van der Waals surface area (Å²) in [6.07, 6.45) is 4.15. The van der Waals surface area contributed by atoms with Crippen LogP contribution < -0.4 is 5.69 Å². The van der Waals surface area contributed by atoms with Crippen LogP contribution >= 0.6 is 11.6 Å². The van der Waals surface area contributed by atoms with Gasteiger partial charge in [-0.2, -0.15) is 5.10 Å². The number of allylic oxidation sites excluding steroid dienone is 2. The van der Waals surface area contributed by atoms with E-state index < -0.39 is 86.9 Å². The number of esters is 2. The molecule has 0 amide bonds. The summed E-state index contributed by atoms with van der Waals surface area (Å²) in [6.45, 7) is 14.6. The molecular weight excluding hydrogens is 742 g/mol. The number of halogens is 1. The molecule has 6 rings (SSSR count). The first-order chi connectivity index (χ1) is 25.8. The van der Waals surface area contributed by atoms with Gasteiger partial charge >= 0.3 is 17.6 Å². The molecule has 0 aliphatic heterocycles. The van der Waals surface area contributed by atoms with Crippen molar-refractivity contribution in [3.63, 3.8) is 0 Å². The Balaban J connectivity index is 1.27. The van der Waals surface area contributed by atoms with Crippen molar-refractivity contribution in [2.75, 3.05) is 0 Å². The summed E-state index contributed by atoms with van der Waals surface area (Å²) in [5, 5.41) is 28.3. The van der Waals surface area contributed by atoms with Crippen LogP contribution in [0, 0.1) is 39.4 Å². The van der Waals surface area contributed by atoms with Gasteiger partial charge in [-0.1, -0.05) is 44.0 Å². The number of aliphatic hydroxyl groups is 2. The van der Waals surface area contributed by atoms with Crippen LogP contribution in [0.2, 0.25) is 5.02 Å². The van der Waals surface area contributed by atoms with Gasteiger partial charge in [0.1, 0.15) is 29.9 Å². The molecule has 9 atom stereocenters. The summed E-state index contributed by atoms with van der Waals surface area (Å²) >= 11 is 5.98. The van der Waals surface area contributed by atoms with Gasteiger partial charge in [0.15, 0.2) is 17.7 Å². The van der Waals surface area contributed by atoms with E-state index in [1.54, 1.807) is 52.0 Å². The zero-order valence-electron chi connectivity index (χ0n) is 33.4. The van der Waals surface area contributed by atoms with Crippen LogP contribution in [0.3, 0.4) is 0 Å². The predicted octanol–water partition coefficient (Wildman–Crippen LogP) is 4.75. The lowest BCUT2D eigenvalue weighted by Crippen LogP contribution is -2.65. The van der Waals surface area contributed by atoms with Gasteiger partial charge in [-0.3, -0.25) is 24.0 Å². The van der Waals surface area contributed by atoms with Crippen LogP contribution in [0.4, 0.5) is 0 Å². The van der Waals surface area contributed by atoms with Gasteiger partial charge in [0.25, 0.3) is 0 Å². The predicted molar refractivity (Wildman–Crippen MR) is 204 cm³/mol. The number of hydrogen-bond donors (Lipinski definition) is 2. The number of ether oxygens (including phenoxy) is 2. The van der Waals surface area contributed by atoms with Crippen molar-refractivity contribution in [2.45, 2.75) is 118 Å². The number of ketones is 3. The van der Waals surface area contributed by atoms with Gasteiger partial charge in [-0.05, 0) is 113 Å². The molecule has 0 saturated heterocycles. The second-order valence-electron chi connectivity index (χ2n) is 18.1. The number of carbonyl (C=O) groups excluding carboxylic acids is 5. The maximum absolute atomic E-state index is 14.9. The van der Waals surface area contributed by atoms with Crippen molar-refractivity contribution in [3.8, 4) is 5.69 Å². The first-order valence-electron chi connectivity index (χ1n) is 19.0. The maximum atomic E-state index is 14.9. The number of carbonyl (C=O) groups is 5. The Labute approximate surface area is 331 Å². The average Bonchev–Trinajstić information content (AvgIpc) is 3.54. The van der Waals surface area contributed by atoms with Crippen LogP contribution in [0.1, 0.15) is 88.0 Å². The Hall–Kier alpha value is -4.20. The molecule has 4 aliphatic carbocycles. The summed E-state index contributed by atoms with van der Waals surface area (Å²) < 4.78 is 13.3. The second kappa shape index (κ2) is 13.7. The van der Waals surface area contributed by atoms with E-state index in [0.29, 0.717) is 17.1 Å². The van der Waals surface area contributed by atoms with Gasteiger partial charge in [-0.15, -0.1) is 0 Å². The number of aromatic nitrogens is 3. The van der Waals surface area contributed by atoms with Crippen LogP contribution in [0.15, 0.2) is 59.2 Å². The molecule has 2 aromatic rings. The van der Waals surface area contributed by atoms with Crippen LogP contribution in [-0.4, -0.2) is 77.3 Å². The van der Waals surface area contributed by atoms with Crippen molar-refractivity contribution in [1.82, 2.24) is 14.3 Å². The molecule has 0 spiro atoms. The Morgan fingerprint density at radius 3 is 2.30 bits per heavy atom. The molecule has 302 valence electrons. The van der Waals surface area contributed by atoms with Gasteiger partial charge in [-0.25, -0.2) is 14.0 Å². The SMILES string of the molecule is CC(=O)OC(C)(C)/C=C/C(=O)[C@](C)(O)[C@H]1[C@H](O)C[C@@]2(C)[C@@H]3CC=C4[C@@H](C[C@H](OC(=O)Cn5ncn(-c6ccc(Cl)cc6)c5=O)C(=O)C4(C)C)[C@]3(C)C(=O)C[C@]12C. The topological polar surface area (TPSA) is 184 Å². The van der Waals surface area contributed by atoms with E-state index in [2.05, 4.69) is 5.10 Å². The van der Waals surface area contributed by atoms with Crippen LogP contribution in [0.25, 0.3) is 5.69 Å². The van der Waals surface area contributed by atoms with Crippen molar-refractivity contribution in [3.05, 3.63) is 69.9 Å². The normalized spacial score (nSPS) is 33.5. The van der Waals surface area contributed by atoms with E-state index in [1.807, 2.05) is 26.8 Å². The van der Waals surface area contributed by atoms with Gasteiger partial charge in [0.05, 0.1) is 11.8 Å². The molecule has 3 saturated carbocycles. The zero-order chi connectivity index (χ0) is 41.6. The lowest BCUT2D eigenvalue weighted by molar-refractivity contribution is -0.185. The number of nitrogens with zero attached hydrogens (tertiary/aromatic N) is 3. The van der Waals surface area contributed by atoms with E-state index in [1.165, 1.54) is 36.9 Å². The number of rotatable bonds is 9. The number of Topliss-reactive ketones (excluding diaryl/α,β-unsaturated/α-hetero) is 2. The molecule has 1 heterocycles. The number of hydrogen-bond acceptors (Lipinski definition) is 11. The highest BCUT2D eigenvalue weighted by molar-refractivity contribution is 6.30. The highest BCUT2D eigenvalue weighted by Crippen LogP contribution is 2.74. The van der Waals surface area contributed by atoms with Crippen molar-refractivity contribution < 1.29 is 43.7 Å². The Kier molecular flexibility index (Phi) is 10.2. The third kappa shape index (κ3) is 6.43. The maximum Gasteiger partial charge on any atom is 0.350 e.